The van der Waals surface area contributed by atoms with Crippen LogP contribution in [0.1, 0.15) is 69.7 Å². The number of hydrogen-bond acceptors (Lipinski definition) is 3. The molecule has 5 nitrogen and oxygen atoms in total. The Hall–Kier alpha value is -2.04. The zero-order valence-corrected chi connectivity index (χ0v) is 17.9. The van der Waals surface area contributed by atoms with Crippen LogP contribution in [0.4, 0.5) is 0 Å². The summed E-state index contributed by atoms with van der Waals surface area (Å²) in [7, 11) is 0. The van der Waals surface area contributed by atoms with E-state index in [1.807, 2.05) is 20.8 Å². The highest BCUT2D eigenvalue weighted by Crippen LogP contribution is 2.55. The molecule has 2 amide bonds. The Morgan fingerprint density at radius 3 is 2.07 bits per heavy atom. The summed E-state index contributed by atoms with van der Waals surface area (Å²) < 4.78 is 5.44. The van der Waals surface area contributed by atoms with Crippen molar-refractivity contribution in [3.05, 3.63) is 29.8 Å². The van der Waals surface area contributed by atoms with Crippen molar-refractivity contribution in [3.63, 3.8) is 0 Å². The van der Waals surface area contributed by atoms with Crippen LogP contribution in [0.5, 0.6) is 5.75 Å². The smallest absolute Gasteiger partial charge is 0.251 e. The van der Waals surface area contributed by atoms with Gasteiger partial charge < -0.3 is 15.4 Å². The van der Waals surface area contributed by atoms with Crippen molar-refractivity contribution in [2.24, 2.45) is 23.7 Å². The number of carbonyl (C=O) groups is 2. The van der Waals surface area contributed by atoms with E-state index in [-0.39, 0.29) is 23.3 Å². The molecule has 5 rings (SSSR count). The summed E-state index contributed by atoms with van der Waals surface area (Å²) in [4.78, 5) is 26.0. The molecule has 0 aliphatic heterocycles. The summed E-state index contributed by atoms with van der Waals surface area (Å²) in [6.45, 7) is 6.49. The average molecular weight is 399 g/mol. The zero-order chi connectivity index (χ0) is 20.6. The maximum atomic E-state index is 13.2. The second kappa shape index (κ2) is 8.00. The minimum atomic E-state index is -0.526. The molecule has 4 fully saturated rings. The molecule has 4 saturated carbocycles. The molecule has 1 aromatic rings. The van der Waals surface area contributed by atoms with Gasteiger partial charge in [0.05, 0.1) is 6.61 Å². The van der Waals surface area contributed by atoms with E-state index < -0.39 is 6.04 Å². The van der Waals surface area contributed by atoms with Crippen LogP contribution < -0.4 is 15.4 Å². The van der Waals surface area contributed by atoms with Crippen molar-refractivity contribution in [2.75, 3.05) is 6.61 Å². The average Bonchev–Trinajstić information content (AvgIpc) is 2.65. The molecular formula is C24H34N2O3. The second-order valence-corrected chi connectivity index (χ2v) is 9.84. The summed E-state index contributed by atoms with van der Waals surface area (Å²) in [5.41, 5.74) is 0.504. The summed E-state index contributed by atoms with van der Waals surface area (Å²) in [6, 6.07) is 6.54. The number of carbonyl (C=O) groups excluding carboxylic acids is 2. The van der Waals surface area contributed by atoms with E-state index in [2.05, 4.69) is 10.6 Å². The molecule has 1 atom stereocenters. The van der Waals surface area contributed by atoms with Crippen molar-refractivity contribution >= 4 is 11.8 Å². The molecule has 0 saturated heterocycles. The molecule has 0 aromatic heterocycles. The van der Waals surface area contributed by atoms with Crippen LogP contribution in [0.2, 0.25) is 0 Å². The van der Waals surface area contributed by atoms with E-state index in [4.69, 9.17) is 4.74 Å². The predicted molar refractivity (Wildman–Crippen MR) is 113 cm³/mol. The molecule has 0 spiro atoms. The lowest BCUT2D eigenvalue weighted by molar-refractivity contribution is -0.129. The Kier molecular flexibility index (Phi) is 5.58. The van der Waals surface area contributed by atoms with Gasteiger partial charge >= 0.3 is 0 Å². The fraction of sp³-hybridized carbons (Fsp3) is 0.667. The van der Waals surface area contributed by atoms with Gasteiger partial charge in [0.15, 0.2) is 0 Å². The van der Waals surface area contributed by atoms with Crippen LogP contribution in [-0.2, 0) is 4.79 Å². The third-order valence-electron chi connectivity index (χ3n) is 7.09. The fourth-order valence-electron chi connectivity index (χ4n) is 6.23. The lowest BCUT2D eigenvalue weighted by Crippen LogP contribution is -2.63. The summed E-state index contributed by atoms with van der Waals surface area (Å²) in [5, 5.41) is 6.39. The molecule has 4 aliphatic carbocycles. The normalized spacial score (nSPS) is 30.8. The molecule has 29 heavy (non-hydrogen) atoms. The second-order valence-electron chi connectivity index (χ2n) is 9.84. The first-order valence-corrected chi connectivity index (χ1v) is 11.2. The molecule has 1 aromatic carbocycles. The third kappa shape index (κ3) is 4.29. The number of hydrogen-bond donors (Lipinski definition) is 2. The monoisotopic (exact) mass is 398 g/mol. The zero-order valence-electron chi connectivity index (χ0n) is 17.9. The van der Waals surface area contributed by atoms with Crippen molar-refractivity contribution in [2.45, 2.75) is 70.9 Å². The molecule has 2 N–H and O–H groups in total. The molecule has 4 bridgehead atoms. The van der Waals surface area contributed by atoms with Crippen molar-refractivity contribution in [3.8, 4) is 5.75 Å². The van der Waals surface area contributed by atoms with Crippen LogP contribution in [0, 0.1) is 23.7 Å². The number of rotatable bonds is 7. The quantitative estimate of drug-likeness (QED) is 0.731. The minimum absolute atomic E-state index is 0.0237. The summed E-state index contributed by atoms with van der Waals surface area (Å²) in [5.74, 6) is 2.85. The number of nitrogens with one attached hydrogen (secondary N) is 2. The summed E-state index contributed by atoms with van der Waals surface area (Å²) >= 11 is 0. The highest BCUT2D eigenvalue weighted by Gasteiger charge is 2.52. The largest absolute Gasteiger partial charge is 0.494 e. The third-order valence-corrected chi connectivity index (χ3v) is 7.09. The van der Waals surface area contributed by atoms with Gasteiger partial charge in [-0.1, -0.05) is 13.8 Å². The maximum Gasteiger partial charge on any atom is 0.251 e. The van der Waals surface area contributed by atoms with Crippen LogP contribution in [0.25, 0.3) is 0 Å². The van der Waals surface area contributed by atoms with Gasteiger partial charge in [-0.05, 0) is 93.4 Å². The van der Waals surface area contributed by atoms with Gasteiger partial charge in [0, 0.05) is 11.1 Å². The first kappa shape index (κ1) is 20.2. The van der Waals surface area contributed by atoms with Crippen LogP contribution in [0.3, 0.4) is 0 Å². The Labute approximate surface area is 174 Å². The van der Waals surface area contributed by atoms with E-state index in [9.17, 15) is 9.59 Å². The van der Waals surface area contributed by atoms with Gasteiger partial charge in [-0.2, -0.15) is 0 Å². The highest BCUT2D eigenvalue weighted by atomic mass is 16.5. The SMILES string of the molecule is CCOc1ccc(C(=O)NC(C(=O)NC23CC4CC(CC(C4)C2)C3)C(C)C)cc1. The lowest BCUT2D eigenvalue weighted by atomic mass is 9.53. The lowest BCUT2D eigenvalue weighted by Gasteiger charge is -2.57. The Morgan fingerprint density at radius 1 is 1.03 bits per heavy atom. The van der Waals surface area contributed by atoms with E-state index in [0.717, 1.165) is 42.8 Å². The molecule has 4 aliphatic rings. The first-order valence-electron chi connectivity index (χ1n) is 11.2. The van der Waals surface area contributed by atoms with Gasteiger partial charge in [0.25, 0.3) is 5.91 Å². The van der Waals surface area contributed by atoms with E-state index in [1.165, 1.54) is 19.3 Å². The number of amides is 2. The van der Waals surface area contributed by atoms with Gasteiger partial charge in [-0.15, -0.1) is 0 Å². The van der Waals surface area contributed by atoms with Gasteiger partial charge in [0.1, 0.15) is 11.8 Å². The van der Waals surface area contributed by atoms with Crippen LogP contribution >= 0.6 is 0 Å². The van der Waals surface area contributed by atoms with E-state index in [1.54, 1.807) is 24.3 Å². The first-order chi connectivity index (χ1) is 13.9. The van der Waals surface area contributed by atoms with Crippen molar-refractivity contribution in [1.82, 2.24) is 10.6 Å². The Balaban J connectivity index is 1.42. The number of benzene rings is 1. The van der Waals surface area contributed by atoms with Gasteiger partial charge in [-0.25, -0.2) is 0 Å². The molecular weight excluding hydrogens is 364 g/mol. The van der Waals surface area contributed by atoms with Gasteiger partial charge in [0.2, 0.25) is 5.91 Å². The van der Waals surface area contributed by atoms with E-state index in [0.29, 0.717) is 12.2 Å². The predicted octanol–water partition coefficient (Wildman–Crippen LogP) is 3.92. The van der Waals surface area contributed by atoms with Crippen LogP contribution in [-0.4, -0.2) is 30.0 Å². The fourth-order valence-corrected chi connectivity index (χ4v) is 6.23. The molecule has 0 heterocycles. The molecule has 0 radical (unpaired) electrons. The summed E-state index contributed by atoms with van der Waals surface area (Å²) in [6.07, 6.45) is 7.37. The van der Waals surface area contributed by atoms with Crippen LogP contribution in [0.15, 0.2) is 24.3 Å². The number of ether oxygens (including phenoxy) is 1. The Bertz CT molecular complexity index is 721. The molecule has 158 valence electrons. The maximum absolute atomic E-state index is 13.2. The standard InChI is InChI=1S/C24H34N2O3/c1-4-29-20-7-5-19(6-8-20)22(27)25-21(15(2)3)23(28)26-24-12-16-9-17(13-24)11-18(10-16)14-24/h5-8,15-18,21H,4,9-14H2,1-3H3,(H,25,27)(H,26,28). The highest BCUT2D eigenvalue weighted by molar-refractivity contribution is 5.97. The minimum Gasteiger partial charge on any atom is -0.494 e. The molecule has 1 unspecified atom stereocenters. The Morgan fingerprint density at radius 2 is 1.59 bits per heavy atom. The van der Waals surface area contributed by atoms with E-state index >= 15 is 0 Å². The van der Waals surface area contributed by atoms with Gasteiger partial charge in [-0.3, -0.25) is 9.59 Å². The van der Waals surface area contributed by atoms with Crippen molar-refractivity contribution in [1.29, 1.82) is 0 Å². The molecule has 5 heteroatoms. The van der Waals surface area contributed by atoms with Crippen molar-refractivity contribution < 1.29 is 14.3 Å². The topological polar surface area (TPSA) is 67.4 Å².